The number of aryl methyl sites for hydroxylation is 1. The summed E-state index contributed by atoms with van der Waals surface area (Å²) in [7, 11) is 0. The van der Waals surface area contributed by atoms with E-state index in [9.17, 15) is 4.79 Å². The fourth-order valence-electron chi connectivity index (χ4n) is 3.48. The number of para-hydroxylation sites is 1. The molecule has 0 aliphatic carbocycles. The Balaban J connectivity index is 1.24. The van der Waals surface area contributed by atoms with Crippen molar-refractivity contribution in [3.8, 4) is 0 Å². The molecule has 0 unspecified atom stereocenters. The van der Waals surface area contributed by atoms with Gasteiger partial charge in [0.2, 0.25) is 0 Å². The Kier molecular flexibility index (Phi) is 5.07. The van der Waals surface area contributed by atoms with Crippen LogP contribution < -0.4 is 10.2 Å². The molecule has 4 rings (SSSR count). The Morgan fingerprint density at radius 1 is 1.11 bits per heavy atom. The van der Waals surface area contributed by atoms with Crippen molar-refractivity contribution in [3.63, 3.8) is 0 Å². The number of nitrogens with zero attached hydrogens (tertiary/aromatic N) is 3. The molecule has 2 heterocycles. The first-order valence-electron chi connectivity index (χ1n) is 9.37. The number of nitrogens with one attached hydrogen (secondary N) is 1. The second-order valence-corrected chi connectivity index (χ2v) is 6.84. The molecule has 0 atom stereocenters. The molecule has 1 aromatic heterocycles. The highest BCUT2D eigenvalue weighted by atomic mass is 16.3. The molecule has 0 spiro atoms. The van der Waals surface area contributed by atoms with Gasteiger partial charge in [-0.3, -0.25) is 9.69 Å². The van der Waals surface area contributed by atoms with Gasteiger partial charge < -0.3 is 14.6 Å². The number of aromatic nitrogens is 1. The highest BCUT2D eigenvalue weighted by Gasteiger charge is 2.17. The topological polar surface area (TPSA) is 61.6 Å². The molecule has 0 saturated carbocycles. The first kappa shape index (κ1) is 17.5. The third-order valence-corrected chi connectivity index (χ3v) is 4.96. The van der Waals surface area contributed by atoms with Crippen molar-refractivity contribution >= 4 is 22.7 Å². The molecule has 140 valence electrons. The van der Waals surface area contributed by atoms with Gasteiger partial charge in [0.05, 0.1) is 0 Å². The normalized spacial score (nSPS) is 15.2. The molecule has 1 fully saturated rings. The van der Waals surface area contributed by atoms with Crippen molar-refractivity contribution in [3.05, 3.63) is 60.0 Å². The molecule has 0 bridgehead atoms. The van der Waals surface area contributed by atoms with Crippen molar-refractivity contribution < 1.29 is 9.21 Å². The SMILES string of the molecule is Cc1nc2cc(C(=O)NCCN3CCN(c4ccccc4)CC3)ccc2o1. The van der Waals surface area contributed by atoms with Crippen LogP contribution in [0.4, 0.5) is 5.69 Å². The first-order chi connectivity index (χ1) is 13.2. The summed E-state index contributed by atoms with van der Waals surface area (Å²) in [6.07, 6.45) is 0. The lowest BCUT2D eigenvalue weighted by molar-refractivity contribution is 0.0948. The van der Waals surface area contributed by atoms with Crippen LogP contribution in [0, 0.1) is 6.92 Å². The smallest absolute Gasteiger partial charge is 0.251 e. The van der Waals surface area contributed by atoms with Gasteiger partial charge >= 0.3 is 0 Å². The summed E-state index contributed by atoms with van der Waals surface area (Å²) < 4.78 is 5.45. The number of hydrogen-bond donors (Lipinski definition) is 1. The number of carbonyl (C=O) groups excluding carboxylic acids is 1. The minimum Gasteiger partial charge on any atom is -0.441 e. The van der Waals surface area contributed by atoms with Gasteiger partial charge in [0, 0.05) is 57.4 Å². The van der Waals surface area contributed by atoms with E-state index in [-0.39, 0.29) is 5.91 Å². The highest BCUT2D eigenvalue weighted by molar-refractivity contribution is 5.97. The molecule has 1 aliphatic heterocycles. The minimum atomic E-state index is -0.0690. The Bertz CT molecular complexity index is 914. The fraction of sp³-hybridized carbons (Fsp3) is 0.333. The van der Waals surface area contributed by atoms with Gasteiger partial charge in [-0.2, -0.15) is 0 Å². The molecule has 1 N–H and O–H groups in total. The number of rotatable bonds is 5. The lowest BCUT2D eigenvalue weighted by atomic mass is 10.2. The van der Waals surface area contributed by atoms with E-state index >= 15 is 0 Å². The van der Waals surface area contributed by atoms with Crippen molar-refractivity contribution in [1.29, 1.82) is 0 Å². The summed E-state index contributed by atoms with van der Waals surface area (Å²) in [6.45, 7) is 7.35. The minimum absolute atomic E-state index is 0.0690. The number of piperazine rings is 1. The van der Waals surface area contributed by atoms with Crippen LogP contribution in [0.25, 0.3) is 11.1 Å². The molecule has 2 aromatic carbocycles. The third-order valence-electron chi connectivity index (χ3n) is 4.96. The second-order valence-electron chi connectivity index (χ2n) is 6.84. The van der Waals surface area contributed by atoms with Gasteiger partial charge in [-0.05, 0) is 30.3 Å². The van der Waals surface area contributed by atoms with Crippen LogP contribution in [-0.4, -0.2) is 55.1 Å². The standard InChI is InChI=1S/C21H24N4O2/c1-16-23-19-15-17(7-8-20(19)27-16)21(26)22-9-10-24-11-13-25(14-12-24)18-5-3-2-4-6-18/h2-8,15H,9-14H2,1H3,(H,22,26). The van der Waals surface area contributed by atoms with Gasteiger partial charge in [-0.1, -0.05) is 18.2 Å². The summed E-state index contributed by atoms with van der Waals surface area (Å²) in [5, 5.41) is 3.01. The zero-order chi connectivity index (χ0) is 18.6. The van der Waals surface area contributed by atoms with E-state index in [2.05, 4.69) is 44.4 Å². The van der Waals surface area contributed by atoms with Crippen LogP contribution in [0.15, 0.2) is 52.9 Å². The predicted molar refractivity (Wildman–Crippen MR) is 106 cm³/mol. The molecule has 3 aromatic rings. The summed E-state index contributed by atoms with van der Waals surface area (Å²) in [5.74, 6) is 0.540. The molecular formula is C21H24N4O2. The van der Waals surface area contributed by atoms with E-state index in [1.165, 1.54) is 5.69 Å². The van der Waals surface area contributed by atoms with Crippen molar-refractivity contribution in [1.82, 2.24) is 15.2 Å². The summed E-state index contributed by atoms with van der Waals surface area (Å²) >= 11 is 0. The van der Waals surface area contributed by atoms with Crippen LogP contribution in [0.3, 0.4) is 0 Å². The second kappa shape index (κ2) is 7.80. The van der Waals surface area contributed by atoms with Gasteiger partial charge in [-0.15, -0.1) is 0 Å². The van der Waals surface area contributed by atoms with Crippen LogP contribution in [-0.2, 0) is 0 Å². The average Bonchev–Trinajstić information content (AvgIpc) is 3.08. The number of hydrogen-bond acceptors (Lipinski definition) is 5. The van der Waals surface area contributed by atoms with Gasteiger partial charge in [0.1, 0.15) is 5.52 Å². The molecule has 1 aliphatic rings. The summed E-state index contributed by atoms with van der Waals surface area (Å²) in [4.78, 5) is 21.5. The Hall–Kier alpha value is -2.86. The van der Waals surface area contributed by atoms with E-state index in [0.29, 0.717) is 23.6 Å². The summed E-state index contributed by atoms with van der Waals surface area (Å²) in [6, 6.07) is 15.9. The maximum absolute atomic E-state index is 12.4. The first-order valence-corrected chi connectivity index (χ1v) is 9.37. The molecule has 0 radical (unpaired) electrons. The monoisotopic (exact) mass is 364 g/mol. The lowest BCUT2D eigenvalue weighted by Crippen LogP contribution is -2.48. The van der Waals surface area contributed by atoms with Gasteiger partial charge in [0.15, 0.2) is 11.5 Å². The zero-order valence-electron chi connectivity index (χ0n) is 15.5. The molecule has 27 heavy (non-hydrogen) atoms. The molecule has 1 amide bonds. The molecule has 1 saturated heterocycles. The number of anilines is 1. The van der Waals surface area contributed by atoms with E-state index in [1.807, 2.05) is 6.07 Å². The van der Waals surface area contributed by atoms with Crippen LogP contribution >= 0.6 is 0 Å². The number of fused-ring (bicyclic) bond motifs is 1. The quantitative estimate of drug-likeness (QED) is 0.754. The number of oxazole rings is 1. The lowest BCUT2D eigenvalue weighted by Gasteiger charge is -2.36. The zero-order valence-corrected chi connectivity index (χ0v) is 15.5. The highest BCUT2D eigenvalue weighted by Crippen LogP contribution is 2.17. The van der Waals surface area contributed by atoms with Crippen LogP contribution in [0.1, 0.15) is 16.2 Å². The van der Waals surface area contributed by atoms with Crippen LogP contribution in [0.5, 0.6) is 0 Å². The Morgan fingerprint density at radius 2 is 1.89 bits per heavy atom. The molecular weight excluding hydrogens is 340 g/mol. The van der Waals surface area contributed by atoms with E-state index in [0.717, 1.165) is 38.2 Å². The fourth-order valence-corrected chi connectivity index (χ4v) is 3.48. The number of benzene rings is 2. The Morgan fingerprint density at radius 3 is 2.67 bits per heavy atom. The molecule has 6 heteroatoms. The van der Waals surface area contributed by atoms with Crippen LogP contribution in [0.2, 0.25) is 0 Å². The maximum Gasteiger partial charge on any atom is 0.251 e. The average molecular weight is 364 g/mol. The number of carbonyl (C=O) groups is 1. The van der Waals surface area contributed by atoms with Crippen molar-refractivity contribution in [2.75, 3.05) is 44.2 Å². The summed E-state index contributed by atoms with van der Waals surface area (Å²) in [5.41, 5.74) is 3.33. The van der Waals surface area contributed by atoms with Gasteiger partial charge in [-0.25, -0.2) is 4.98 Å². The van der Waals surface area contributed by atoms with E-state index < -0.39 is 0 Å². The van der Waals surface area contributed by atoms with E-state index in [4.69, 9.17) is 4.42 Å². The van der Waals surface area contributed by atoms with E-state index in [1.54, 1.807) is 25.1 Å². The number of amides is 1. The maximum atomic E-state index is 12.4. The Labute approximate surface area is 158 Å². The van der Waals surface area contributed by atoms with Crippen molar-refractivity contribution in [2.45, 2.75) is 6.92 Å². The largest absolute Gasteiger partial charge is 0.441 e. The third kappa shape index (κ3) is 4.11. The van der Waals surface area contributed by atoms with Crippen molar-refractivity contribution in [2.24, 2.45) is 0 Å². The van der Waals surface area contributed by atoms with Gasteiger partial charge in [0.25, 0.3) is 5.91 Å². The predicted octanol–water partition coefficient (Wildman–Crippen LogP) is 2.69. The molecule has 6 nitrogen and oxygen atoms in total.